The summed E-state index contributed by atoms with van der Waals surface area (Å²) in [6.07, 6.45) is 2.15. The molecule has 0 fully saturated rings. The van der Waals surface area contributed by atoms with Crippen molar-refractivity contribution in [2.75, 3.05) is 11.8 Å². The van der Waals surface area contributed by atoms with Crippen LogP contribution < -0.4 is 0 Å². The van der Waals surface area contributed by atoms with E-state index >= 15 is 0 Å². The smallest absolute Gasteiger partial charge is 0.0332 e. The number of alkyl halides is 2. The van der Waals surface area contributed by atoms with Crippen LogP contribution >= 0.6 is 23.2 Å². The SMILES string of the molecule is CCCC(CCl)(CCl)c1ccc(C)cc1. The first-order valence-corrected chi connectivity index (χ1v) is 6.44. The van der Waals surface area contributed by atoms with E-state index in [1.165, 1.54) is 11.1 Å². The molecule has 0 unspecified atom stereocenters. The Morgan fingerprint density at radius 1 is 1.07 bits per heavy atom. The average molecular weight is 245 g/mol. The molecule has 0 saturated carbocycles. The van der Waals surface area contributed by atoms with E-state index < -0.39 is 0 Å². The van der Waals surface area contributed by atoms with Gasteiger partial charge in [0.25, 0.3) is 0 Å². The van der Waals surface area contributed by atoms with E-state index in [-0.39, 0.29) is 5.41 Å². The minimum absolute atomic E-state index is 0.0500. The zero-order valence-corrected chi connectivity index (χ0v) is 10.9. The molecule has 0 aliphatic carbocycles. The Bertz CT molecular complexity index is 286. The highest BCUT2D eigenvalue weighted by Crippen LogP contribution is 2.32. The number of aryl methyl sites for hydroxylation is 1. The van der Waals surface area contributed by atoms with E-state index in [0.29, 0.717) is 11.8 Å². The lowest BCUT2D eigenvalue weighted by atomic mass is 9.80. The molecule has 0 aromatic heterocycles. The number of hydrogen-bond donors (Lipinski definition) is 0. The Hall–Kier alpha value is -0.200. The third-order valence-corrected chi connectivity index (χ3v) is 3.93. The van der Waals surface area contributed by atoms with Crippen LogP contribution in [0.4, 0.5) is 0 Å². The summed E-state index contributed by atoms with van der Waals surface area (Å²) in [7, 11) is 0. The number of hydrogen-bond acceptors (Lipinski definition) is 0. The lowest BCUT2D eigenvalue weighted by molar-refractivity contribution is 0.485. The molecule has 0 atom stereocenters. The molecule has 84 valence electrons. The Labute approximate surface area is 103 Å². The van der Waals surface area contributed by atoms with Gasteiger partial charge in [-0.3, -0.25) is 0 Å². The first-order valence-electron chi connectivity index (χ1n) is 5.37. The largest absolute Gasteiger partial charge is 0.126 e. The van der Waals surface area contributed by atoms with Gasteiger partial charge in [0.05, 0.1) is 0 Å². The Morgan fingerprint density at radius 3 is 2.00 bits per heavy atom. The first kappa shape index (κ1) is 12.9. The fourth-order valence-corrected chi connectivity index (χ4v) is 2.72. The van der Waals surface area contributed by atoms with Crippen LogP contribution in [0.2, 0.25) is 0 Å². The summed E-state index contributed by atoms with van der Waals surface area (Å²) in [5, 5.41) is 0. The highest BCUT2D eigenvalue weighted by atomic mass is 35.5. The van der Waals surface area contributed by atoms with Gasteiger partial charge in [-0.2, -0.15) is 0 Å². The van der Waals surface area contributed by atoms with E-state index in [2.05, 4.69) is 38.1 Å². The van der Waals surface area contributed by atoms with E-state index in [4.69, 9.17) is 23.2 Å². The van der Waals surface area contributed by atoms with Crippen LogP contribution in [0.25, 0.3) is 0 Å². The van der Waals surface area contributed by atoms with Crippen molar-refractivity contribution in [1.82, 2.24) is 0 Å². The zero-order valence-electron chi connectivity index (χ0n) is 9.39. The van der Waals surface area contributed by atoms with Crippen molar-refractivity contribution in [1.29, 1.82) is 0 Å². The molecule has 0 bridgehead atoms. The van der Waals surface area contributed by atoms with Crippen LogP contribution in [0, 0.1) is 6.92 Å². The molecule has 1 aromatic rings. The normalized spacial score (nSPS) is 11.7. The van der Waals surface area contributed by atoms with Crippen LogP contribution in [-0.2, 0) is 5.41 Å². The molecular formula is C13H18Cl2. The highest BCUT2D eigenvalue weighted by Gasteiger charge is 2.29. The molecule has 2 heteroatoms. The quantitative estimate of drug-likeness (QED) is 0.669. The molecule has 0 aliphatic heterocycles. The van der Waals surface area contributed by atoms with Crippen LogP contribution in [0.15, 0.2) is 24.3 Å². The topological polar surface area (TPSA) is 0 Å². The summed E-state index contributed by atoms with van der Waals surface area (Å²) in [4.78, 5) is 0. The van der Waals surface area contributed by atoms with Gasteiger partial charge in [0.15, 0.2) is 0 Å². The second-order valence-electron chi connectivity index (χ2n) is 4.16. The summed E-state index contributed by atoms with van der Waals surface area (Å²) < 4.78 is 0. The fourth-order valence-electron chi connectivity index (χ4n) is 1.85. The van der Waals surface area contributed by atoms with Gasteiger partial charge in [0.2, 0.25) is 0 Å². The second kappa shape index (κ2) is 5.77. The number of rotatable bonds is 5. The van der Waals surface area contributed by atoms with E-state index in [9.17, 15) is 0 Å². The van der Waals surface area contributed by atoms with Crippen molar-refractivity contribution >= 4 is 23.2 Å². The molecule has 0 N–H and O–H groups in total. The molecule has 0 aliphatic rings. The summed E-state index contributed by atoms with van der Waals surface area (Å²) in [6, 6.07) is 8.54. The zero-order chi connectivity index (χ0) is 11.3. The van der Waals surface area contributed by atoms with Gasteiger partial charge in [0, 0.05) is 17.2 Å². The molecule has 1 rings (SSSR count). The lowest BCUT2D eigenvalue weighted by Crippen LogP contribution is -2.30. The van der Waals surface area contributed by atoms with Crippen molar-refractivity contribution in [2.45, 2.75) is 32.1 Å². The maximum Gasteiger partial charge on any atom is 0.0332 e. The minimum Gasteiger partial charge on any atom is -0.126 e. The summed E-state index contributed by atoms with van der Waals surface area (Å²) in [5.74, 6) is 1.18. The maximum absolute atomic E-state index is 6.09. The minimum atomic E-state index is -0.0500. The van der Waals surface area contributed by atoms with E-state index in [0.717, 1.165) is 12.8 Å². The molecule has 0 spiro atoms. The standard InChI is InChI=1S/C13H18Cl2/c1-3-8-13(9-14,10-15)12-6-4-11(2)5-7-12/h4-7H,3,8-10H2,1-2H3. The average Bonchev–Trinajstić information content (AvgIpc) is 2.27. The fraction of sp³-hybridized carbons (Fsp3) is 0.538. The van der Waals surface area contributed by atoms with Gasteiger partial charge in [-0.1, -0.05) is 43.2 Å². The van der Waals surface area contributed by atoms with Crippen LogP contribution in [0.3, 0.4) is 0 Å². The monoisotopic (exact) mass is 244 g/mol. The summed E-state index contributed by atoms with van der Waals surface area (Å²) in [5.41, 5.74) is 2.49. The van der Waals surface area contributed by atoms with Crippen molar-refractivity contribution in [3.63, 3.8) is 0 Å². The molecule has 0 heterocycles. The third kappa shape index (κ3) is 2.89. The van der Waals surface area contributed by atoms with Gasteiger partial charge >= 0.3 is 0 Å². The van der Waals surface area contributed by atoms with Gasteiger partial charge in [-0.15, -0.1) is 23.2 Å². The van der Waals surface area contributed by atoms with Crippen molar-refractivity contribution in [3.05, 3.63) is 35.4 Å². The molecule has 1 aromatic carbocycles. The van der Waals surface area contributed by atoms with Crippen LogP contribution in [-0.4, -0.2) is 11.8 Å². The Morgan fingerprint density at radius 2 is 1.60 bits per heavy atom. The van der Waals surface area contributed by atoms with Gasteiger partial charge in [0.1, 0.15) is 0 Å². The number of benzene rings is 1. The van der Waals surface area contributed by atoms with Crippen molar-refractivity contribution < 1.29 is 0 Å². The highest BCUT2D eigenvalue weighted by molar-refractivity contribution is 6.22. The van der Waals surface area contributed by atoms with E-state index in [1.54, 1.807) is 0 Å². The lowest BCUT2D eigenvalue weighted by Gasteiger charge is -2.30. The van der Waals surface area contributed by atoms with Gasteiger partial charge in [-0.05, 0) is 18.9 Å². The molecule has 0 nitrogen and oxygen atoms in total. The van der Waals surface area contributed by atoms with Gasteiger partial charge < -0.3 is 0 Å². The van der Waals surface area contributed by atoms with Crippen molar-refractivity contribution in [2.24, 2.45) is 0 Å². The van der Waals surface area contributed by atoms with Crippen LogP contribution in [0.1, 0.15) is 30.9 Å². The Balaban J connectivity index is 3.02. The predicted octanol–water partition coefficient (Wildman–Crippen LogP) is 4.51. The van der Waals surface area contributed by atoms with E-state index in [1.807, 2.05) is 0 Å². The Kier molecular flexibility index (Phi) is 4.95. The predicted molar refractivity (Wildman–Crippen MR) is 69.2 cm³/mol. The van der Waals surface area contributed by atoms with Gasteiger partial charge in [-0.25, -0.2) is 0 Å². The molecular weight excluding hydrogens is 227 g/mol. The summed E-state index contributed by atoms with van der Waals surface area (Å²) in [6.45, 7) is 4.26. The molecule has 0 amide bonds. The maximum atomic E-state index is 6.09. The number of halogens is 2. The summed E-state index contributed by atoms with van der Waals surface area (Å²) >= 11 is 12.2. The second-order valence-corrected chi connectivity index (χ2v) is 4.70. The molecule has 15 heavy (non-hydrogen) atoms. The van der Waals surface area contributed by atoms with Crippen molar-refractivity contribution in [3.8, 4) is 0 Å². The first-order chi connectivity index (χ1) is 7.18. The molecule has 0 saturated heterocycles. The van der Waals surface area contributed by atoms with Crippen LogP contribution in [0.5, 0.6) is 0 Å². The third-order valence-electron chi connectivity index (χ3n) is 2.90. The molecule has 0 radical (unpaired) electrons.